The van der Waals surface area contributed by atoms with Crippen molar-refractivity contribution in [2.24, 2.45) is 7.05 Å². The van der Waals surface area contributed by atoms with Gasteiger partial charge in [0.2, 0.25) is 6.33 Å². The van der Waals surface area contributed by atoms with Gasteiger partial charge in [0.25, 0.3) is 0 Å². The quantitative estimate of drug-likeness (QED) is 0.295. The van der Waals surface area contributed by atoms with Crippen molar-refractivity contribution in [1.82, 2.24) is 4.57 Å². The molecule has 2 aliphatic rings. The molecule has 2 saturated heterocycles. The fraction of sp³-hybridized carbons (Fsp3) is 0.500. The number of aromatic nitrogens is 2. The molecule has 1 spiro atoms. The molecule has 0 unspecified atom stereocenters. The maximum Gasteiger partial charge on any atom is 0.582 e. The van der Waals surface area contributed by atoms with Crippen LogP contribution in [0.4, 0.5) is 0 Å². The minimum absolute atomic E-state index is 1.06. The molecule has 3 heterocycles. The zero-order valence-electron chi connectivity index (χ0n) is 12.5. The molecule has 0 aliphatic carbocycles. The van der Waals surface area contributed by atoms with Gasteiger partial charge in [0, 0.05) is 0 Å². The van der Waals surface area contributed by atoms with Crippen molar-refractivity contribution in [3.63, 3.8) is 0 Å². The summed E-state index contributed by atoms with van der Waals surface area (Å²) in [5.74, 6) is 0. The summed E-state index contributed by atoms with van der Waals surface area (Å²) >= 11 is 0. The minimum atomic E-state index is -3.21. The topological polar surface area (TPSA) is 145 Å². The first kappa shape index (κ1) is 18.5. The SMILES string of the molecule is CCn1cc[n+](C)c1.OB1OB(O)O[B-]2(O1)OB(O)OB(O)O2. The van der Waals surface area contributed by atoms with Crippen LogP contribution in [0.2, 0.25) is 0 Å². The van der Waals surface area contributed by atoms with Gasteiger partial charge in [0.1, 0.15) is 12.4 Å². The van der Waals surface area contributed by atoms with Gasteiger partial charge in [-0.2, -0.15) is 0 Å². The third-order valence-corrected chi connectivity index (χ3v) is 2.79. The standard InChI is InChI=1S/C6H11N2.B5H4O10/c1-3-8-5-4-7(2)6-8;6-1-10-2(7)13-5(12-1)14-3(8)11-4(9)15-5/h4-6H,3H2,1-2H3;6-9H/q+1;-1. The molecule has 0 atom stereocenters. The first-order valence-corrected chi connectivity index (χ1v) is 6.70. The minimum Gasteiger partial charge on any atom is -0.539 e. The normalized spacial score (nSPS) is 20.6. The fourth-order valence-electron chi connectivity index (χ4n) is 1.78. The monoisotopic (exact) mass is 330 g/mol. The van der Waals surface area contributed by atoms with E-state index in [9.17, 15) is 0 Å². The Morgan fingerprint density at radius 1 is 0.957 bits per heavy atom. The van der Waals surface area contributed by atoms with E-state index >= 15 is 0 Å². The molecule has 124 valence electrons. The Kier molecular flexibility index (Phi) is 6.27. The Hall–Kier alpha value is -0.865. The maximum atomic E-state index is 8.94. The van der Waals surface area contributed by atoms with Crippen LogP contribution >= 0.6 is 0 Å². The van der Waals surface area contributed by atoms with Gasteiger partial charge in [-0.3, -0.25) is 0 Å². The highest BCUT2D eigenvalue weighted by atomic mass is 17.0. The van der Waals surface area contributed by atoms with Crippen LogP contribution in [0, 0.1) is 0 Å². The van der Waals surface area contributed by atoms with Crippen LogP contribution < -0.4 is 4.57 Å². The van der Waals surface area contributed by atoms with Crippen LogP contribution in [0.3, 0.4) is 0 Å². The lowest BCUT2D eigenvalue weighted by molar-refractivity contribution is -0.671. The van der Waals surface area contributed by atoms with Crippen LogP contribution in [-0.2, 0) is 41.0 Å². The molecule has 0 aromatic carbocycles. The molecule has 1 aromatic heterocycles. The predicted molar refractivity (Wildman–Crippen MR) is 75.4 cm³/mol. The summed E-state index contributed by atoms with van der Waals surface area (Å²) in [4.78, 5) is 0. The molecule has 0 radical (unpaired) electrons. The number of imidazole rings is 1. The summed E-state index contributed by atoms with van der Waals surface area (Å²) in [5.41, 5.74) is 0. The number of aryl methyl sites for hydroxylation is 2. The van der Waals surface area contributed by atoms with Crippen molar-refractivity contribution >= 4 is 36.2 Å². The van der Waals surface area contributed by atoms with E-state index in [-0.39, 0.29) is 0 Å². The fourth-order valence-corrected chi connectivity index (χ4v) is 1.78. The van der Waals surface area contributed by atoms with Crippen molar-refractivity contribution in [2.45, 2.75) is 13.5 Å². The lowest BCUT2D eigenvalue weighted by Gasteiger charge is -2.49. The molecule has 1 aromatic rings. The van der Waals surface area contributed by atoms with Crippen LogP contribution in [0.1, 0.15) is 6.92 Å². The van der Waals surface area contributed by atoms with Gasteiger partial charge in [-0.1, -0.05) is 0 Å². The van der Waals surface area contributed by atoms with E-state index in [0.29, 0.717) is 0 Å². The second-order valence-corrected chi connectivity index (χ2v) is 4.53. The van der Waals surface area contributed by atoms with E-state index < -0.39 is 36.2 Å². The van der Waals surface area contributed by atoms with Gasteiger partial charge in [-0.05, 0) is 6.92 Å². The summed E-state index contributed by atoms with van der Waals surface area (Å²) < 4.78 is 30.5. The smallest absolute Gasteiger partial charge is 0.539 e. The molecule has 23 heavy (non-hydrogen) atoms. The highest BCUT2D eigenvalue weighted by Crippen LogP contribution is 2.23. The Balaban J connectivity index is 0.000000203. The van der Waals surface area contributed by atoms with E-state index in [0.717, 1.165) is 6.54 Å². The average molecular weight is 329 g/mol. The molecular formula is C6H15B5N2O10. The van der Waals surface area contributed by atoms with Crippen LogP contribution in [-0.4, -0.2) is 60.9 Å². The molecule has 0 amide bonds. The van der Waals surface area contributed by atoms with Gasteiger partial charge in [-0.25, -0.2) is 9.13 Å². The third kappa shape index (κ3) is 5.32. The van der Waals surface area contributed by atoms with Crippen molar-refractivity contribution in [1.29, 1.82) is 0 Å². The molecule has 17 heteroatoms. The number of hydrogen-bond acceptors (Lipinski definition) is 10. The van der Waals surface area contributed by atoms with Crippen LogP contribution in [0.25, 0.3) is 0 Å². The Morgan fingerprint density at radius 2 is 1.39 bits per heavy atom. The zero-order valence-corrected chi connectivity index (χ0v) is 12.5. The zero-order chi connectivity index (χ0) is 17.0. The van der Waals surface area contributed by atoms with Crippen molar-refractivity contribution in [2.75, 3.05) is 0 Å². The summed E-state index contributed by atoms with van der Waals surface area (Å²) in [6, 6.07) is 0. The second kappa shape index (κ2) is 7.80. The molecule has 2 aliphatic heterocycles. The first-order chi connectivity index (χ1) is 10.8. The Bertz CT molecular complexity index is 460. The highest BCUT2D eigenvalue weighted by Gasteiger charge is 2.53. The Morgan fingerprint density at radius 3 is 1.65 bits per heavy atom. The summed E-state index contributed by atoms with van der Waals surface area (Å²) in [6.07, 6.45) is 6.14. The van der Waals surface area contributed by atoms with E-state index in [1.807, 2.05) is 17.8 Å². The molecule has 12 nitrogen and oxygen atoms in total. The molecule has 0 saturated carbocycles. The van der Waals surface area contributed by atoms with E-state index in [1.165, 1.54) is 0 Å². The number of nitrogens with zero attached hydrogens (tertiary/aromatic N) is 2. The molecule has 2 fully saturated rings. The summed E-state index contributed by atoms with van der Waals surface area (Å²) in [5, 5.41) is 35.7. The van der Waals surface area contributed by atoms with Gasteiger partial charge < -0.3 is 47.5 Å². The van der Waals surface area contributed by atoms with Crippen molar-refractivity contribution in [3.05, 3.63) is 18.7 Å². The average Bonchev–Trinajstić information content (AvgIpc) is 2.82. The van der Waals surface area contributed by atoms with E-state index in [1.54, 1.807) is 0 Å². The molecule has 0 bridgehead atoms. The van der Waals surface area contributed by atoms with Crippen LogP contribution in [0.15, 0.2) is 18.7 Å². The van der Waals surface area contributed by atoms with E-state index in [2.05, 4.69) is 51.4 Å². The Labute approximate surface area is 133 Å². The number of rotatable bonds is 1. The summed E-state index contributed by atoms with van der Waals surface area (Å²) in [7, 11) is -5.57. The highest BCUT2D eigenvalue weighted by molar-refractivity contribution is 6.81. The lowest BCUT2D eigenvalue weighted by atomic mass is 9.84. The maximum absolute atomic E-state index is 8.94. The number of hydrogen-bond donors (Lipinski definition) is 4. The van der Waals surface area contributed by atoms with Gasteiger partial charge in [0.05, 0.1) is 13.6 Å². The van der Waals surface area contributed by atoms with Crippen LogP contribution in [0.5, 0.6) is 0 Å². The third-order valence-electron chi connectivity index (χ3n) is 2.79. The predicted octanol–water partition coefficient (Wildman–Crippen LogP) is -4.21. The van der Waals surface area contributed by atoms with Gasteiger partial charge in [-0.15, -0.1) is 0 Å². The van der Waals surface area contributed by atoms with Crippen molar-refractivity contribution in [3.8, 4) is 0 Å². The summed E-state index contributed by atoms with van der Waals surface area (Å²) in [6.45, 7) is -0.0293. The molecule has 4 N–H and O–H groups in total. The molecular weight excluding hydrogens is 314 g/mol. The lowest BCUT2D eigenvalue weighted by Crippen LogP contribution is -2.69. The molecule has 3 rings (SSSR count). The van der Waals surface area contributed by atoms with Gasteiger partial charge in [0.15, 0.2) is 0 Å². The van der Waals surface area contributed by atoms with Gasteiger partial charge >= 0.3 is 36.2 Å². The van der Waals surface area contributed by atoms with Crippen molar-refractivity contribution < 1.29 is 52.1 Å². The second-order valence-electron chi connectivity index (χ2n) is 4.53. The first-order valence-electron chi connectivity index (χ1n) is 6.70. The largest absolute Gasteiger partial charge is 0.582 e. The van der Waals surface area contributed by atoms with E-state index in [4.69, 9.17) is 20.1 Å².